The van der Waals surface area contributed by atoms with Gasteiger partial charge in [-0.15, -0.1) is 11.8 Å². The lowest BCUT2D eigenvalue weighted by Crippen LogP contribution is -2.06. The van der Waals surface area contributed by atoms with E-state index in [4.69, 9.17) is 23.2 Å². The molecule has 0 N–H and O–H groups in total. The number of benzene rings is 2. The summed E-state index contributed by atoms with van der Waals surface area (Å²) in [5.41, 5.74) is 0.732. The zero-order valence-corrected chi connectivity index (χ0v) is 12.7. The lowest BCUT2D eigenvalue weighted by atomic mass is 10.1. The smallest absolute Gasteiger partial charge is 0.147 e. The Labute approximate surface area is 131 Å². The maximum Gasteiger partial charge on any atom is 0.147 e. The van der Waals surface area contributed by atoms with Crippen molar-refractivity contribution in [2.75, 3.05) is 5.75 Å². The zero-order valence-electron chi connectivity index (χ0n) is 10.4. The Kier molecular flexibility index (Phi) is 5.46. The van der Waals surface area contributed by atoms with Gasteiger partial charge in [-0.1, -0.05) is 41.4 Å². The fourth-order valence-corrected chi connectivity index (χ4v) is 2.92. The van der Waals surface area contributed by atoms with Crippen LogP contribution in [0.4, 0.5) is 4.39 Å². The average Bonchev–Trinajstić information content (AvgIpc) is 2.41. The van der Waals surface area contributed by atoms with Crippen molar-refractivity contribution in [2.45, 2.75) is 11.3 Å². The summed E-state index contributed by atoms with van der Waals surface area (Å²) < 4.78 is 13.4. The molecule has 0 amide bonds. The molecule has 0 radical (unpaired) electrons. The second-order valence-electron chi connectivity index (χ2n) is 4.17. The first kappa shape index (κ1) is 15.4. The molecule has 104 valence electrons. The first-order valence-electron chi connectivity index (χ1n) is 5.89. The summed E-state index contributed by atoms with van der Waals surface area (Å²) in [6.07, 6.45) is 0.220. The number of halogens is 3. The lowest BCUT2D eigenvalue weighted by Gasteiger charge is -2.05. The molecule has 20 heavy (non-hydrogen) atoms. The number of carbonyl (C=O) groups excluding carboxylic acids is 1. The van der Waals surface area contributed by atoms with Gasteiger partial charge in [-0.3, -0.25) is 4.79 Å². The molecule has 0 spiro atoms. The van der Waals surface area contributed by atoms with Gasteiger partial charge in [0.1, 0.15) is 11.6 Å². The third kappa shape index (κ3) is 4.23. The van der Waals surface area contributed by atoms with Gasteiger partial charge >= 0.3 is 0 Å². The number of Topliss-reactive ketones (excluding diaryl/α,β-unsaturated/α-hetero) is 1. The molecule has 0 aromatic heterocycles. The molecule has 0 heterocycles. The van der Waals surface area contributed by atoms with Crippen LogP contribution in [0.25, 0.3) is 0 Å². The first-order chi connectivity index (χ1) is 9.56. The summed E-state index contributed by atoms with van der Waals surface area (Å²) in [6.45, 7) is 0. The largest absolute Gasteiger partial charge is 0.298 e. The second kappa shape index (κ2) is 7.11. The van der Waals surface area contributed by atoms with Crippen LogP contribution in [0.3, 0.4) is 0 Å². The third-order valence-electron chi connectivity index (χ3n) is 2.63. The van der Waals surface area contributed by atoms with Crippen LogP contribution in [0.15, 0.2) is 47.4 Å². The summed E-state index contributed by atoms with van der Waals surface area (Å²) >= 11 is 13.0. The molecule has 0 bridgehead atoms. The Morgan fingerprint density at radius 3 is 2.60 bits per heavy atom. The topological polar surface area (TPSA) is 17.1 Å². The van der Waals surface area contributed by atoms with Gasteiger partial charge in [0.25, 0.3) is 0 Å². The highest BCUT2D eigenvalue weighted by Crippen LogP contribution is 2.24. The number of hydrogen-bond donors (Lipinski definition) is 0. The van der Waals surface area contributed by atoms with E-state index in [2.05, 4.69) is 0 Å². The summed E-state index contributed by atoms with van der Waals surface area (Å²) in [4.78, 5) is 12.4. The molecular weight excluding hydrogens is 318 g/mol. The minimum atomic E-state index is -0.310. The molecule has 0 fully saturated rings. The molecule has 0 unspecified atom stereocenters. The highest BCUT2D eigenvalue weighted by Gasteiger charge is 2.10. The van der Waals surface area contributed by atoms with Crippen LogP contribution in [-0.4, -0.2) is 11.5 Å². The molecule has 0 saturated carbocycles. The SMILES string of the molecule is O=C(CSc1ccccc1F)Cc1ccc(Cl)cc1Cl. The summed E-state index contributed by atoms with van der Waals surface area (Å²) in [5, 5.41) is 1.01. The van der Waals surface area contributed by atoms with Crippen molar-refractivity contribution in [1.29, 1.82) is 0 Å². The Hall–Kier alpha value is -1.03. The predicted molar refractivity (Wildman–Crippen MR) is 82.3 cm³/mol. The van der Waals surface area contributed by atoms with Crippen molar-refractivity contribution in [3.05, 3.63) is 63.9 Å². The molecule has 2 rings (SSSR count). The van der Waals surface area contributed by atoms with E-state index < -0.39 is 0 Å². The van der Waals surface area contributed by atoms with Gasteiger partial charge in [0, 0.05) is 21.4 Å². The Balaban J connectivity index is 1.94. The normalized spacial score (nSPS) is 10.6. The molecule has 2 aromatic rings. The summed E-state index contributed by atoms with van der Waals surface area (Å²) in [5.74, 6) is -0.114. The minimum absolute atomic E-state index is 0.0116. The number of carbonyl (C=O) groups is 1. The molecule has 0 saturated heterocycles. The number of ketones is 1. The Morgan fingerprint density at radius 2 is 1.90 bits per heavy atom. The van der Waals surface area contributed by atoms with Crippen LogP contribution in [0.2, 0.25) is 10.0 Å². The Bertz CT molecular complexity index is 631. The van der Waals surface area contributed by atoms with Crippen LogP contribution in [0.5, 0.6) is 0 Å². The monoisotopic (exact) mass is 328 g/mol. The van der Waals surface area contributed by atoms with E-state index in [1.54, 1.807) is 36.4 Å². The van der Waals surface area contributed by atoms with Crippen molar-refractivity contribution >= 4 is 40.7 Å². The highest BCUT2D eigenvalue weighted by molar-refractivity contribution is 8.00. The number of hydrogen-bond acceptors (Lipinski definition) is 2. The molecular formula is C15H11Cl2FOS. The van der Waals surface area contributed by atoms with E-state index >= 15 is 0 Å². The van der Waals surface area contributed by atoms with Gasteiger partial charge in [-0.25, -0.2) is 4.39 Å². The molecule has 0 atom stereocenters. The van der Waals surface area contributed by atoms with Crippen LogP contribution in [0.1, 0.15) is 5.56 Å². The molecule has 0 aliphatic heterocycles. The van der Waals surface area contributed by atoms with Crippen LogP contribution >= 0.6 is 35.0 Å². The van der Waals surface area contributed by atoms with Crippen molar-refractivity contribution in [3.63, 3.8) is 0 Å². The van der Waals surface area contributed by atoms with Crippen molar-refractivity contribution in [2.24, 2.45) is 0 Å². The molecule has 0 aliphatic rings. The summed E-state index contributed by atoms with van der Waals surface area (Å²) in [6, 6.07) is 11.4. The van der Waals surface area contributed by atoms with Crippen molar-refractivity contribution in [1.82, 2.24) is 0 Å². The predicted octanol–water partition coefficient (Wildman–Crippen LogP) is 5.04. The van der Waals surface area contributed by atoms with Gasteiger partial charge in [0.05, 0.1) is 5.75 Å². The Morgan fingerprint density at radius 1 is 1.15 bits per heavy atom. The van der Waals surface area contributed by atoms with Gasteiger partial charge in [-0.2, -0.15) is 0 Å². The molecule has 5 heteroatoms. The van der Waals surface area contributed by atoms with E-state index in [0.717, 1.165) is 5.56 Å². The number of thioether (sulfide) groups is 1. The molecule has 1 nitrogen and oxygen atoms in total. The summed E-state index contributed by atoms with van der Waals surface area (Å²) in [7, 11) is 0. The fraction of sp³-hybridized carbons (Fsp3) is 0.133. The van der Waals surface area contributed by atoms with Crippen molar-refractivity contribution < 1.29 is 9.18 Å². The van der Waals surface area contributed by atoms with Gasteiger partial charge in [-0.05, 0) is 29.8 Å². The maximum absolute atomic E-state index is 13.4. The highest BCUT2D eigenvalue weighted by atomic mass is 35.5. The minimum Gasteiger partial charge on any atom is -0.298 e. The zero-order chi connectivity index (χ0) is 14.5. The third-order valence-corrected chi connectivity index (χ3v) is 4.32. The fourth-order valence-electron chi connectivity index (χ4n) is 1.65. The maximum atomic E-state index is 13.4. The van der Waals surface area contributed by atoms with Gasteiger partial charge in [0.2, 0.25) is 0 Å². The molecule has 0 aliphatic carbocycles. The van der Waals surface area contributed by atoms with E-state index in [1.807, 2.05) is 0 Å². The van der Waals surface area contributed by atoms with Gasteiger partial charge in [0.15, 0.2) is 0 Å². The van der Waals surface area contributed by atoms with E-state index in [-0.39, 0.29) is 23.8 Å². The van der Waals surface area contributed by atoms with E-state index in [0.29, 0.717) is 14.9 Å². The van der Waals surface area contributed by atoms with Gasteiger partial charge < -0.3 is 0 Å². The quantitative estimate of drug-likeness (QED) is 0.715. The van der Waals surface area contributed by atoms with Crippen LogP contribution < -0.4 is 0 Å². The second-order valence-corrected chi connectivity index (χ2v) is 6.03. The standard InChI is InChI=1S/C15H11Cl2FOS/c16-11-6-5-10(13(17)8-11)7-12(19)9-20-15-4-2-1-3-14(15)18/h1-6,8H,7,9H2. The van der Waals surface area contributed by atoms with E-state index in [9.17, 15) is 9.18 Å². The lowest BCUT2D eigenvalue weighted by molar-refractivity contribution is -0.116. The number of rotatable bonds is 5. The average molecular weight is 329 g/mol. The first-order valence-corrected chi connectivity index (χ1v) is 7.63. The molecule has 2 aromatic carbocycles. The van der Waals surface area contributed by atoms with E-state index in [1.165, 1.54) is 17.8 Å². The van der Waals surface area contributed by atoms with Crippen LogP contribution in [-0.2, 0) is 11.2 Å². The van der Waals surface area contributed by atoms with Crippen molar-refractivity contribution in [3.8, 4) is 0 Å². The van der Waals surface area contributed by atoms with Crippen LogP contribution in [0, 0.1) is 5.82 Å².